The molecule has 1 atom stereocenters. The highest BCUT2D eigenvalue weighted by atomic mass is 16.2. The van der Waals surface area contributed by atoms with Gasteiger partial charge in [0.25, 0.3) is 0 Å². The summed E-state index contributed by atoms with van der Waals surface area (Å²) in [5.41, 5.74) is 4.02. The van der Waals surface area contributed by atoms with Gasteiger partial charge in [0.15, 0.2) is 0 Å². The van der Waals surface area contributed by atoms with E-state index in [0.29, 0.717) is 12.1 Å². The Bertz CT molecular complexity index is 483. The zero-order valence-electron chi connectivity index (χ0n) is 12.1. The van der Waals surface area contributed by atoms with Gasteiger partial charge in [0.1, 0.15) is 0 Å². The predicted molar refractivity (Wildman–Crippen MR) is 79.2 cm³/mol. The molecule has 0 saturated carbocycles. The highest BCUT2D eigenvalue weighted by Gasteiger charge is 2.10. The van der Waals surface area contributed by atoms with Gasteiger partial charge in [-0.3, -0.25) is 9.59 Å². The van der Waals surface area contributed by atoms with Crippen LogP contribution in [0.5, 0.6) is 0 Å². The molecule has 0 fully saturated rings. The Morgan fingerprint density at radius 3 is 2.45 bits per heavy atom. The minimum absolute atomic E-state index is 0.0540. The summed E-state index contributed by atoms with van der Waals surface area (Å²) in [7, 11) is 0. The minimum Gasteiger partial charge on any atom is -0.349 e. The van der Waals surface area contributed by atoms with Crippen LogP contribution >= 0.6 is 0 Å². The second kappa shape index (κ2) is 8.09. The highest BCUT2D eigenvalue weighted by molar-refractivity contribution is 6.00. The van der Waals surface area contributed by atoms with E-state index < -0.39 is 0 Å². The fourth-order valence-electron chi connectivity index (χ4n) is 1.63. The molecular weight excluding hydrogens is 254 g/mol. The molecule has 1 aromatic carbocycles. The largest absolute Gasteiger partial charge is 0.349 e. The third-order valence-electron chi connectivity index (χ3n) is 2.79. The number of nitrogens with one attached hydrogen (secondary N) is 2. The van der Waals surface area contributed by atoms with Crippen molar-refractivity contribution in [3.8, 4) is 0 Å². The van der Waals surface area contributed by atoms with Crippen LogP contribution in [-0.4, -0.2) is 17.5 Å². The Hall–Kier alpha value is -2.17. The van der Waals surface area contributed by atoms with E-state index in [1.807, 2.05) is 37.3 Å². The number of benzene rings is 1. The normalized spacial score (nSPS) is 12.7. The van der Waals surface area contributed by atoms with Crippen molar-refractivity contribution in [1.29, 1.82) is 0 Å². The predicted octanol–water partition coefficient (Wildman–Crippen LogP) is 2.16. The van der Waals surface area contributed by atoms with E-state index in [1.54, 1.807) is 13.8 Å². The molecule has 0 aliphatic rings. The zero-order chi connectivity index (χ0) is 15.0. The van der Waals surface area contributed by atoms with Crippen molar-refractivity contribution in [3.63, 3.8) is 0 Å². The van der Waals surface area contributed by atoms with Crippen LogP contribution in [0.1, 0.15) is 45.2 Å². The molecule has 1 aromatic rings. The van der Waals surface area contributed by atoms with Gasteiger partial charge in [-0.25, -0.2) is 5.43 Å². The first-order chi connectivity index (χ1) is 9.52. The van der Waals surface area contributed by atoms with Gasteiger partial charge in [0, 0.05) is 12.1 Å². The molecule has 0 aromatic heterocycles. The summed E-state index contributed by atoms with van der Waals surface area (Å²) in [6, 6.07) is 9.68. The summed E-state index contributed by atoms with van der Waals surface area (Å²) < 4.78 is 0. The maximum Gasteiger partial charge on any atom is 0.239 e. The summed E-state index contributed by atoms with van der Waals surface area (Å²) in [6.45, 7) is 5.38. The summed E-state index contributed by atoms with van der Waals surface area (Å²) in [5, 5.41) is 6.77. The SMILES string of the molecule is CCC(=O)NN=C(C)CC(=O)NC(C)c1ccccc1. The van der Waals surface area contributed by atoms with Crippen LogP contribution in [0.2, 0.25) is 0 Å². The van der Waals surface area contributed by atoms with Crippen molar-refractivity contribution in [3.05, 3.63) is 35.9 Å². The number of hydrogen-bond acceptors (Lipinski definition) is 3. The minimum atomic E-state index is -0.164. The Balaban J connectivity index is 2.45. The monoisotopic (exact) mass is 275 g/mol. The lowest BCUT2D eigenvalue weighted by Gasteiger charge is -2.14. The van der Waals surface area contributed by atoms with Crippen LogP contribution < -0.4 is 10.7 Å². The fraction of sp³-hybridized carbons (Fsp3) is 0.400. The van der Waals surface area contributed by atoms with Crippen molar-refractivity contribution < 1.29 is 9.59 Å². The first-order valence-electron chi connectivity index (χ1n) is 6.69. The average Bonchev–Trinajstić information content (AvgIpc) is 2.45. The number of hydrazone groups is 1. The Morgan fingerprint density at radius 1 is 1.20 bits per heavy atom. The molecule has 5 nitrogen and oxygen atoms in total. The van der Waals surface area contributed by atoms with Crippen LogP contribution in [0, 0.1) is 0 Å². The Morgan fingerprint density at radius 2 is 1.85 bits per heavy atom. The van der Waals surface area contributed by atoms with Crippen molar-refractivity contribution in [1.82, 2.24) is 10.7 Å². The first kappa shape index (κ1) is 15.9. The third-order valence-corrected chi connectivity index (χ3v) is 2.79. The maximum atomic E-state index is 11.8. The number of amides is 2. The third kappa shape index (κ3) is 5.65. The molecule has 0 heterocycles. The molecular formula is C15H21N3O2. The molecule has 0 aliphatic heterocycles. The van der Waals surface area contributed by atoms with E-state index in [9.17, 15) is 9.59 Å². The van der Waals surface area contributed by atoms with Crippen LogP contribution in [0.15, 0.2) is 35.4 Å². The molecule has 1 rings (SSSR count). The molecule has 0 bridgehead atoms. The lowest BCUT2D eigenvalue weighted by Crippen LogP contribution is -2.28. The Labute approximate surface area is 119 Å². The Kier molecular flexibility index (Phi) is 6.43. The van der Waals surface area contributed by atoms with E-state index in [2.05, 4.69) is 15.8 Å². The van der Waals surface area contributed by atoms with Crippen molar-refractivity contribution in [2.45, 2.75) is 39.7 Å². The van der Waals surface area contributed by atoms with Gasteiger partial charge in [0.2, 0.25) is 11.8 Å². The van der Waals surface area contributed by atoms with E-state index in [4.69, 9.17) is 0 Å². The second-order valence-electron chi connectivity index (χ2n) is 4.61. The topological polar surface area (TPSA) is 70.6 Å². The molecule has 2 amide bonds. The van der Waals surface area contributed by atoms with E-state index >= 15 is 0 Å². The number of rotatable bonds is 6. The summed E-state index contributed by atoms with van der Waals surface area (Å²) in [5.74, 6) is -0.282. The molecule has 1 unspecified atom stereocenters. The smallest absolute Gasteiger partial charge is 0.239 e. The average molecular weight is 275 g/mol. The first-order valence-corrected chi connectivity index (χ1v) is 6.69. The van der Waals surface area contributed by atoms with Crippen molar-refractivity contribution in [2.75, 3.05) is 0 Å². The van der Waals surface area contributed by atoms with Gasteiger partial charge in [0.05, 0.1) is 12.5 Å². The summed E-state index contributed by atoms with van der Waals surface area (Å²) in [4.78, 5) is 22.9. The van der Waals surface area contributed by atoms with E-state index in [1.165, 1.54) is 0 Å². The van der Waals surface area contributed by atoms with Gasteiger partial charge >= 0.3 is 0 Å². The lowest BCUT2D eigenvalue weighted by atomic mass is 10.1. The molecule has 20 heavy (non-hydrogen) atoms. The quantitative estimate of drug-likeness (QED) is 0.617. The molecule has 2 N–H and O–H groups in total. The van der Waals surface area contributed by atoms with Gasteiger partial charge < -0.3 is 5.32 Å². The van der Waals surface area contributed by atoms with Crippen LogP contribution in [0.25, 0.3) is 0 Å². The summed E-state index contributed by atoms with van der Waals surface area (Å²) in [6.07, 6.45) is 0.537. The molecule has 0 aliphatic carbocycles. The zero-order valence-corrected chi connectivity index (χ0v) is 12.1. The maximum absolute atomic E-state index is 11.8. The number of carbonyl (C=O) groups is 2. The molecule has 0 radical (unpaired) electrons. The fourth-order valence-corrected chi connectivity index (χ4v) is 1.63. The van der Waals surface area contributed by atoms with Gasteiger partial charge in [-0.05, 0) is 19.4 Å². The van der Waals surface area contributed by atoms with Crippen LogP contribution in [-0.2, 0) is 9.59 Å². The van der Waals surface area contributed by atoms with Crippen LogP contribution in [0.3, 0.4) is 0 Å². The van der Waals surface area contributed by atoms with Crippen molar-refractivity contribution >= 4 is 17.5 Å². The van der Waals surface area contributed by atoms with Crippen LogP contribution in [0.4, 0.5) is 0 Å². The molecule has 0 saturated heterocycles. The second-order valence-corrected chi connectivity index (χ2v) is 4.61. The molecule has 0 spiro atoms. The lowest BCUT2D eigenvalue weighted by molar-refractivity contribution is -0.121. The number of carbonyl (C=O) groups excluding carboxylic acids is 2. The van der Waals surface area contributed by atoms with Gasteiger partial charge in [-0.2, -0.15) is 5.10 Å². The van der Waals surface area contributed by atoms with Gasteiger partial charge in [-0.1, -0.05) is 37.3 Å². The van der Waals surface area contributed by atoms with Gasteiger partial charge in [-0.15, -0.1) is 0 Å². The van der Waals surface area contributed by atoms with E-state index in [-0.39, 0.29) is 24.3 Å². The summed E-state index contributed by atoms with van der Waals surface area (Å²) >= 11 is 0. The number of nitrogens with zero attached hydrogens (tertiary/aromatic N) is 1. The standard InChI is InChI=1S/C15H21N3O2/c1-4-14(19)18-17-11(2)10-15(20)16-12(3)13-8-6-5-7-9-13/h5-9,12H,4,10H2,1-3H3,(H,16,20)(H,18,19). The van der Waals surface area contributed by atoms with Crippen molar-refractivity contribution in [2.24, 2.45) is 5.10 Å². The highest BCUT2D eigenvalue weighted by Crippen LogP contribution is 2.11. The molecule has 108 valence electrons. The van der Waals surface area contributed by atoms with E-state index in [0.717, 1.165) is 5.56 Å². The number of hydrogen-bond donors (Lipinski definition) is 2. The molecule has 5 heteroatoms.